The highest BCUT2D eigenvalue weighted by atomic mass is 32.2. The highest BCUT2D eigenvalue weighted by molar-refractivity contribution is 7.89. The fourth-order valence-corrected chi connectivity index (χ4v) is 4.04. The van der Waals surface area contributed by atoms with Crippen LogP contribution < -0.4 is 10.0 Å². The lowest BCUT2D eigenvalue weighted by atomic mass is 10.1. The number of hydrogen-bond acceptors (Lipinski definition) is 6. The van der Waals surface area contributed by atoms with Gasteiger partial charge in [-0.3, -0.25) is 4.79 Å². The number of carbonyl (C=O) groups is 2. The maximum atomic E-state index is 12.7. The van der Waals surface area contributed by atoms with Crippen LogP contribution in [-0.4, -0.2) is 33.9 Å². The summed E-state index contributed by atoms with van der Waals surface area (Å²) in [6.45, 7) is 2.11. The van der Waals surface area contributed by atoms with Gasteiger partial charge in [-0.1, -0.05) is 18.2 Å². The summed E-state index contributed by atoms with van der Waals surface area (Å²) < 4.78 is 37.4. The van der Waals surface area contributed by atoms with Crippen LogP contribution in [0.2, 0.25) is 0 Å². The number of amides is 1. The summed E-state index contributed by atoms with van der Waals surface area (Å²) in [5, 5.41) is 2.81. The predicted molar refractivity (Wildman–Crippen MR) is 118 cm³/mol. The average Bonchev–Trinajstić information content (AvgIpc) is 3.31. The van der Waals surface area contributed by atoms with Crippen molar-refractivity contribution in [1.29, 1.82) is 0 Å². The van der Waals surface area contributed by atoms with Crippen molar-refractivity contribution < 1.29 is 27.2 Å². The van der Waals surface area contributed by atoms with Gasteiger partial charge in [-0.2, -0.15) is 0 Å². The third-order valence-electron chi connectivity index (χ3n) is 4.85. The third kappa shape index (κ3) is 5.83. The fourth-order valence-electron chi connectivity index (χ4n) is 3.02. The second-order valence-corrected chi connectivity index (χ2v) is 8.84. The van der Waals surface area contributed by atoms with E-state index in [0.717, 1.165) is 5.56 Å². The van der Waals surface area contributed by atoms with Crippen LogP contribution in [-0.2, 0) is 27.7 Å². The topological polar surface area (TPSA) is 115 Å². The van der Waals surface area contributed by atoms with Crippen molar-refractivity contribution >= 4 is 21.9 Å². The minimum Gasteiger partial charge on any atom is -0.468 e. The van der Waals surface area contributed by atoms with Gasteiger partial charge in [0.15, 0.2) is 0 Å². The Labute approximate surface area is 186 Å². The highest BCUT2D eigenvalue weighted by Gasteiger charge is 2.18. The molecular weight excluding hydrogens is 432 g/mol. The van der Waals surface area contributed by atoms with E-state index in [0.29, 0.717) is 29.9 Å². The number of benzene rings is 2. The highest BCUT2D eigenvalue weighted by Crippen LogP contribution is 2.16. The van der Waals surface area contributed by atoms with Crippen molar-refractivity contribution in [3.8, 4) is 0 Å². The van der Waals surface area contributed by atoms with E-state index in [1.165, 1.54) is 25.5 Å². The molecule has 8 nitrogen and oxygen atoms in total. The van der Waals surface area contributed by atoms with Gasteiger partial charge in [0, 0.05) is 12.1 Å². The molecule has 0 saturated heterocycles. The van der Waals surface area contributed by atoms with Crippen LogP contribution >= 0.6 is 0 Å². The number of rotatable bonds is 9. The van der Waals surface area contributed by atoms with Gasteiger partial charge < -0.3 is 14.5 Å². The first kappa shape index (κ1) is 23.2. The largest absolute Gasteiger partial charge is 0.468 e. The number of sulfonamides is 1. The van der Waals surface area contributed by atoms with Crippen LogP contribution in [0.1, 0.15) is 37.6 Å². The predicted octanol–water partition coefficient (Wildman–Crippen LogP) is 2.83. The molecule has 0 fully saturated rings. The molecule has 1 heterocycles. The first-order valence-electron chi connectivity index (χ1n) is 9.88. The van der Waals surface area contributed by atoms with Crippen LogP contribution in [0.4, 0.5) is 0 Å². The van der Waals surface area contributed by atoms with Gasteiger partial charge in [0.25, 0.3) is 5.91 Å². The molecule has 2 N–H and O–H groups in total. The van der Waals surface area contributed by atoms with Crippen LogP contribution in [0.25, 0.3) is 0 Å². The average molecular weight is 457 g/mol. The molecule has 0 bridgehead atoms. The first-order chi connectivity index (χ1) is 15.3. The summed E-state index contributed by atoms with van der Waals surface area (Å²) in [4.78, 5) is 24.1. The number of carbonyl (C=O) groups excluding carboxylic acids is 2. The summed E-state index contributed by atoms with van der Waals surface area (Å²) in [6, 6.07) is 14.7. The van der Waals surface area contributed by atoms with Gasteiger partial charge >= 0.3 is 5.97 Å². The molecule has 0 aliphatic carbocycles. The molecule has 9 heteroatoms. The standard InChI is InChI=1S/C23H24N2O6S/c1-16-5-10-20(32(28,29)25-15-19-4-3-13-31-19)14-21(16)22(26)24-12-11-17-6-8-18(9-7-17)23(27)30-2/h3-10,13-14,25H,11-12,15H2,1-2H3,(H,24,26). The number of furan rings is 1. The van der Waals surface area contributed by atoms with Gasteiger partial charge in [0.05, 0.1) is 30.4 Å². The maximum Gasteiger partial charge on any atom is 0.337 e. The molecule has 3 aromatic rings. The van der Waals surface area contributed by atoms with E-state index in [2.05, 4.69) is 14.8 Å². The molecule has 0 aliphatic heterocycles. The first-order valence-corrected chi connectivity index (χ1v) is 11.4. The van der Waals surface area contributed by atoms with E-state index in [1.54, 1.807) is 49.4 Å². The van der Waals surface area contributed by atoms with Crippen molar-refractivity contribution in [3.63, 3.8) is 0 Å². The lowest BCUT2D eigenvalue weighted by Gasteiger charge is -2.11. The molecule has 168 valence electrons. The zero-order chi connectivity index (χ0) is 23.1. The number of nitrogens with one attached hydrogen (secondary N) is 2. The van der Waals surface area contributed by atoms with Crippen molar-refractivity contribution in [1.82, 2.24) is 10.0 Å². The van der Waals surface area contributed by atoms with Gasteiger partial charge in [0.1, 0.15) is 5.76 Å². The zero-order valence-electron chi connectivity index (χ0n) is 17.8. The summed E-state index contributed by atoms with van der Waals surface area (Å²) in [6.07, 6.45) is 2.01. The Bertz CT molecular complexity index is 1190. The Morgan fingerprint density at radius 3 is 2.47 bits per heavy atom. The van der Waals surface area contributed by atoms with Gasteiger partial charge in [-0.15, -0.1) is 0 Å². The minimum atomic E-state index is -3.81. The fraction of sp³-hybridized carbons (Fsp3) is 0.217. The Morgan fingerprint density at radius 1 is 1.06 bits per heavy atom. The molecule has 0 radical (unpaired) electrons. The van der Waals surface area contributed by atoms with Gasteiger partial charge in [-0.25, -0.2) is 17.9 Å². The molecule has 0 unspecified atom stereocenters. The Hall–Kier alpha value is -3.43. The SMILES string of the molecule is COC(=O)c1ccc(CCNC(=O)c2cc(S(=O)(=O)NCc3ccco3)ccc2C)cc1. The van der Waals surface area contributed by atoms with Gasteiger partial charge in [0.2, 0.25) is 10.0 Å². The summed E-state index contributed by atoms with van der Waals surface area (Å²) >= 11 is 0. The van der Waals surface area contributed by atoms with E-state index in [4.69, 9.17) is 4.42 Å². The minimum absolute atomic E-state index is 0.00166. The molecule has 1 aromatic heterocycles. The van der Waals surface area contributed by atoms with E-state index < -0.39 is 16.0 Å². The summed E-state index contributed by atoms with van der Waals surface area (Å²) in [5.74, 6) is -0.288. The number of esters is 1. The molecule has 0 aliphatic rings. The normalized spacial score (nSPS) is 11.2. The summed E-state index contributed by atoms with van der Waals surface area (Å²) in [5.41, 5.74) is 2.34. The number of hydrogen-bond donors (Lipinski definition) is 2. The van der Waals surface area contributed by atoms with Crippen molar-refractivity contribution in [3.05, 3.63) is 88.9 Å². The molecule has 0 atom stereocenters. The monoisotopic (exact) mass is 456 g/mol. The number of ether oxygens (including phenoxy) is 1. The van der Waals surface area contributed by atoms with E-state index in [9.17, 15) is 18.0 Å². The number of aryl methyl sites for hydroxylation is 1. The number of methoxy groups -OCH3 is 1. The smallest absolute Gasteiger partial charge is 0.337 e. The maximum absolute atomic E-state index is 12.7. The quantitative estimate of drug-likeness (QED) is 0.479. The van der Waals surface area contributed by atoms with Crippen LogP contribution in [0.3, 0.4) is 0 Å². The van der Waals surface area contributed by atoms with Crippen LogP contribution in [0.5, 0.6) is 0 Å². The van der Waals surface area contributed by atoms with Crippen molar-refractivity contribution in [2.75, 3.05) is 13.7 Å². The zero-order valence-corrected chi connectivity index (χ0v) is 18.6. The van der Waals surface area contributed by atoms with E-state index in [1.807, 2.05) is 0 Å². The molecule has 0 spiro atoms. The molecule has 0 saturated carbocycles. The summed E-state index contributed by atoms with van der Waals surface area (Å²) in [7, 11) is -2.49. The molecule has 32 heavy (non-hydrogen) atoms. The Morgan fingerprint density at radius 2 is 1.81 bits per heavy atom. The van der Waals surface area contributed by atoms with Crippen LogP contribution in [0.15, 0.2) is 70.2 Å². The lowest BCUT2D eigenvalue weighted by Crippen LogP contribution is -2.27. The van der Waals surface area contributed by atoms with E-state index >= 15 is 0 Å². The molecule has 3 rings (SSSR count). The van der Waals surface area contributed by atoms with Crippen LogP contribution in [0, 0.1) is 6.92 Å². The molecular formula is C23H24N2O6S. The Balaban J connectivity index is 1.61. The van der Waals surface area contributed by atoms with E-state index in [-0.39, 0.29) is 22.9 Å². The second kappa shape index (κ2) is 10.3. The van der Waals surface area contributed by atoms with Crippen molar-refractivity contribution in [2.45, 2.75) is 24.8 Å². The van der Waals surface area contributed by atoms with Gasteiger partial charge in [-0.05, 0) is 60.9 Å². The second-order valence-electron chi connectivity index (χ2n) is 7.08. The Kier molecular flexibility index (Phi) is 7.45. The molecule has 2 aromatic carbocycles. The van der Waals surface area contributed by atoms with Crippen molar-refractivity contribution in [2.24, 2.45) is 0 Å². The molecule has 1 amide bonds. The third-order valence-corrected chi connectivity index (χ3v) is 6.25. The lowest BCUT2D eigenvalue weighted by molar-refractivity contribution is 0.0600.